The van der Waals surface area contributed by atoms with Crippen molar-refractivity contribution in [2.24, 2.45) is 23.2 Å². The molecule has 1 N–H and O–H groups in total. The fourth-order valence-electron chi connectivity index (χ4n) is 4.23. The van der Waals surface area contributed by atoms with E-state index in [0.717, 1.165) is 50.7 Å². The van der Waals surface area contributed by atoms with Crippen LogP contribution in [-0.2, 0) is 9.47 Å². The summed E-state index contributed by atoms with van der Waals surface area (Å²) < 4.78 is 11.2. The Kier molecular flexibility index (Phi) is 4.45. The lowest BCUT2D eigenvalue weighted by Gasteiger charge is -2.38. The molecule has 19 heavy (non-hydrogen) atoms. The second kappa shape index (κ2) is 6.11. The van der Waals surface area contributed by atoms with Gasteiger partial charge in [-0.2, -0.15) is 0 Å². The van der Waals surface area contributed by atoms with Crippen LogP contribution < -0.4 is 5.32 Å². The summed E-state index contributed by atoms with van der Waals surface area (Å²) in [5, 5.41) is 3.60. The van der Waals surface area contributed by atoms with Gasteiger partial charge in [0.05, 0.1) is 13.2 Å². The fraction of sp³-hybridized carbons (Fsp3) is 1.00. The average molecular weight is 267 g/mol. The molecule has 3 rings (SSSR count). The summed E-state index contributed by atoms with van der Waals surface area (Å²) in [7, 11) is 1.77. The monoisotopic (exact) mass is 267 g/mol. The summed E-state index contributed by atoms with van der Waals surface area (Å²) in [6.07, 6.45) is 8.54. The number of rotatable bonds is 9. The van der Waals surface area contributed by atoms with Gasteiger partial charge in [0.25, 0.3) is 0 Å². The first-order chi connectivity index (χ1) is 9.32. The smallest absolute Gasteiger partial charge is 0.0587 e. The molecule has 3 saturated carbocycles. The number of nitrogens with one attached hydrogen (secondary N) is 1. The van der Waals surface area contributed by atoms with E-state index in [-0.39, 0.29) is 0 Å². The largest absolute Gasteiger partial charge is 0.383 e. The van der Waals surface area contributed by atoms with Crippen LogP contribution in [-0.4, -0.2) is 40.0 Å². The van der Waals surface area contributed by atoms with Gasteiger partial charge in [-0.15, -0.1) is 0 Å². The van der Waals surface area contributed by atoms with Crippen LogP contribution in [0.2, 0.25) is 0 Å². The number of hydrogen-bond acceptors (Lipinski definition) is 3. The third-order valence-electron chi connectivity index (χ3n) is 5.50. The van der Waals surface area contributed by atoms with Gasteiger partial charge in [0.15, 0.2) is 0 Å². The highest BCUT2D eigenvalue weighted by molar-refractivity contribution is 5.01. The molecule has 3 atom stereocenters. The van der Waals surface area contributed by atoms with E-state index >= 15 is 0 Å². The molecule has 0 saturated heterocycles. The van der Waals surface area contributed by atoms with Gasteiger partial charge < -0.3 is 14.8 Å². The Morgan fingerprint density at radius 3 is 2.74 bits per heavy atom. The summed E-state index contributed by atoms with van der Waals surface area (Å²) in [5.41, 5.74) is 0.436. The van der Waals surface area contributed by atoms with Crippen molar-refractivity contribution < 1.29 is 9.47 Å². The van der Waals surface area contributed by atoms with E-state index in [1.54, 1.807) is 7.11 Å². The lowest BCUT2D eigenvalue weighted by molar-refractivity contribution is 0.00387. The lowest BCUT2D eigenvalue weighted by Crippen LogP contribution is -2.43. The van der Waals surface area contributed by atoms with Crippen molar-refractivity contribution >= 4 is 0 Å². The van der Waals surface area contributed by atoms with Gasteiger partial charge >= 0.3 is 0 Å². The molecule has 3 aliphatic carbocycles. The van der Waals surface area contributed by atoms with Gasteiger partial charge in [-0.1, -0.05) is 6.42 Å². The zero-order valence-corrected chi connectivity index (χ0v) is 12.3. The van der Waals surface area contributed by atoms with Gasteiger partial charge in [0.2, 0.25) is 0 Å². The lowest BCUT2D eigenvalue weighted by atomic mass is 9.73. The Bertz CT molecular complexity index is 292. The Hall–Kier alpha value is -0.120. The molecule has 0 radical (unpaired) electrons. The molecule has 0 amide bonds. The topological polar surface area (TPSA) is 30.5 Å². The Morgan fingerprint density at radius 2 is 2.11 bits per heavy atom. The molecule has 0 heterocycles. The minimum absolute atomic E-state index is 0.436. The van der Waals surface area contributed by atoms with E-state index in [1.165, 1.54) is 38.5 Å². The van der Waals surface area contributed by atoms with E-state index in [4.69, 9.17) is 9.47 Å². The summed E-state index contributed by atoms with van der Waals surface area (Å²) in [6.45, 7) is 4.91. The molecule has 3 aliphatic rings. The summed E-state index contributed by atoms with van der Waals surface area (Å²) in [6, 6.07) is 0. The summed E-state index contributed by atoms with van der Waals surface area (Å²) >= 11 is 0. The molecular weight excluding hydrogens is 238 g/mol. The van der Waals surface area contributed by atoms with Crippen LogP contribution in [0.3, 0.4) is 0 Å². The molecule has 0 aromatic heterocycles. The molecule has 110 valence electrons. The van der Waals surface area contributed by atoms with Gasteiger partial charge in [0, 0.05) is 32.2 Å². The molecule has 3 heteroatoms. The second-order valence-corrected chi connectivity index (χ2v) is 7.07. The maximum absolute atomic E-state index is 6.08. The standard InChI is InChI=1S/C16H29NO2/c1-18-7-6-17-11-16(12-19-10-13-2-3-13)9-14-4-5-15(16)8-14/h13-15,17H,2-12H2,1H3. The molecule has 0 spiro atoms. The highest BCUT2D eigenvalue weighted by Gasteiger charge is 2.50. The fourth-order valence-corrected chi connectivity index (χ4v) is 4.23. The quantitative estimate of drug-likeness (QED) is 0.651. The molecule has 3 fully saturated rings. The number of fused-ring (bicyclic) bond motifs is 2. The second-order valence-electron chi connectivity index (χ2n) is 7.07. The van der Waals surface area contributed by atoms with Gasteiger partial charge in [-0.3, -0.25) is 0 Å². The number of ether oxygens (including phenoxy) is 2. The summed E-state index contributed by atoms with van der Waals surface area (Å²) in [5.74, 6) is 2.78. The van der Waals surface area contributed by atoms with Crippen molar-refractivity contribution in [2.45, 2.75) is 38.5 Å². The Morgan fingerprint density at radius 1 is 1.21 bits per heavy atom. The maximum Gasteiger partial charge on any atom is 0.0587 e. The van der Waals surface area contributed by atoms with Crippen LogP contribution in [0.5, 0.6) is 0 Å². The van der Waals surface area contributed by atoms with Gasteiger partial charge in [0.1, 0.15) is 0 Å². The van der Waals surface area contributed by atoms with Crippen LogP contribution in [0.4, 0.5) is 0 Å². The molecule has 0 aromatic carbocycles. The van der Waals surface area contributed by atoms with Crippen LogP contribution in [0, 0.1) is 23.2 Å². The molecular formula is C16H29NO2. The molecule has 0 aliphatic heterocycles. The van der Waals surface area contributed by atoms with E-state index in [2.05, 4.69) is 5.32 Å². The first-order valence-corrected chi connectivity index (χ1v) is 8.10. The van der Waals surface area contributed by atoms with Crippen LogP contribution in [0.25, 0.3) is 0 Å². The minimum atomic E-state index is 0.436. The van der Waals surface area contributed by atoms with Crippen molar-refractivity contribution in [2.75, 3.05) is 40.0 Å². The average Bonchev–Trinajstić information content (AvgIpc) is 3.02. The SMILES string of the molecule is COCCNCC1(COCC2CC2)CC2CCC1C2. The van der Waals surface area contributed by atoms with E-state index in [0.29, 0.717) is 5.41 Å². The van der Waals surface area contributed by atoms with E-state index < -0.39 is 0 Å². The number of methoxy groups -OCH3 is 1. The molecule has 3 unspecified atom stereocenters. The minimum Gasteiger partial charge on any atom is -0.383 e. The molecule has 2 bridgehead atoms. The summed E-state index contributed by atoms with van der Waals surface area (Å²) in [4.78, 5) is 0. The maximum atomic E-state index is 6.08. The molecule has 0 aromatic rings. The third-order valence-corrected chi connectivity index (χ3v) is 5.50. The Labute approximate surface area is 117 Å². The van der Waals surface area contributed by atoms with Crippen LogP contribution >= 0.6 is 0 Å². The highest BCUT2D eigenvalue weighted by atomic mass is 16.5. The van der Waals surface area contributed by atoms with Crippen molar-refractivity contribution in [3.8, 4) is 0 Å². The number of hydrogen-bond donors (Lipinski definition) is 1. The molecule has 3 nitrogen and oxygen atoms in total. The zero-order chi connectivity index (χ0) is 13.1. The van der Waals surface area contributed by atoms with Gasteiger partial charge in [-0.05, 0) is 49.9 Å². The van der Waals surface area contributed by atoms with E-state index in [9.17, 15) is 0 Å². The predicted octanol–water partition coefficient (Wildman–Crippen LogP) is 2.46. The van der Waals surface area contributed by atoms with Crippen LogP contribution in [0.1, 0.15) is 38.5 Å². The first kappa shape index (κ1) is 13.8. The normalized spacial score (nSPS) is 37.1. The van der Waals surface area contributed by atoms with Crippen molar-refractivity contribution in [1.82, 2.24) is 5.32 Å². The van der Waals surface area contributed by atoms with Crippen molar-refractivity contribution in [3.05, 3.63) is 0 Å². The van der Waals surface area contributed by atoms with Gasteiger partial charge in [-0.25, -0.2) is 0 Å². The predicted molar refractivity (Wildman–Crippen MR) is 76.2 cm³/mol. The highest BCUT2D eigenvalue weighted by Crippen LogP contribution is 2.55. The van der Waals surface area contributed by atoms with Crippen LogP contribution in [0.15, 0.2) is 0 Å². The van der Waals surface area contributed by atoms with Crippen molar-refractivity contribution in [3.63, 3.8) is 0 Å². The Balaban J connectivity index is 1.49. The van der Waals surface area contributed by atoms with Crippen molar-refractivity contribution in [1.29, 1.82) is 0 Å². The zero-order valence-electron chi connectivity index (χ0n) is 12.3. The van der Waals surface area contributed by atoms with E-state index in [1.807, 2.05) is 0 Å². The first-order valence-electron chi connectivity index (χ1n) is 8.10. The third kappa shape index (κ3) is 3.32.